The first kappa shape index (κ1) is 17.2. The quantitative estimate of drug-likeness (QED) is 0.597. The molecule has 3 rings (SSSR count). The molecule has 0 aliphatic heterocycles. The number of nitrogen functional groups attached to an aromatic ring is 1. The maximum absolute atomic E-state index is 12.4. The van der Waals surface area contributed by atoms with Gasteiger partial charge >= 0.3 is 0 Å². The van der Waals surface area contributed by atoms with E-state index in [1.807, 2.05) is 29.6 Å². The van der Waals surface area contributed by atoms with Crippen LogP contribution in [0.2, 0.25) is 0 Å². The Morgan fingerprint density at radius 2 is 1.88 bits per heavy atom. The Morgan fingerprint density at radius 3 is 2.48 bits per heavy atom. The third-order valence-electron chi connectivity index (χ3n) is 3.67. The lowest BCUT2D eigenvalue weighted by atomic mass is 10.1. The number of carbonyl (C=O) groups is 1. The van der Waals surface area contributed by atoms with Crippen LogP contribution >= 0.6 is 11.3 Å². The summed E-state index contributed by atoms with van der Waals surface area (Å²) in [5, 5.41) is 4.80. The highest BCUT2D eigenvalue weighted by atomic mass is 32.2. The first-order chi connectivity index (χ1) is 11.8. The van der Waals surface area contributed by atoms with Crippen LogP contribution in [0.1, 0.15) is 10.4 Å². The van der Waals surface area contributed by atoms with Crippen molar-refractivity contribution in [2.24, 2.45) is 0 Å². The molecule has 0 saturated heterocycles. The number of carbonyl (C=O) groups excluding carboxylic acids is 1. The van der Waals surface area contributed by atoms with E-state index < -0.39 is 9.73 Å². The molecule has 0 unspecified atom stereocenters. The topological polar surface area (TPSA) is 96.0 Å². The highest BCUT2D eigenvalue weighted by Crippen LogP contribution is 2.30. The van der Waals surface area contributed by atoms with Crippen molar-refractivity contribution >= 4 is 38.3 Å². The molecule has 0 bridgehead atoms. The molecular formula is C18H17N3O2S2. The van der Waals surface area contributed by atoms with E-state index in [1.165, 1.54) is 18.4 Å². The SMILES string of the molecule is C[S@@](=N)(=O)c1ccc(C(=O)Nc2cc(-c3cccs3)ccc2N)cc1. The summed E-state index contributed by atoms with van der Waals surface area (Å²) < 4.78 is 19.3. The summed E-state index contributed by atoms with van der Waals surface area (Å²) in [7, 11) is -2.79. The molecule has 0 spiro atoms. The Hall–Kier alpha value is -2.64. The van der Waals surface area contributed by atoms with Gasteiger partial charge in [0.1, 0.15) is 0 Å². The van der Waals surface area contributed by atoms with E-state index in [0.29, 0.717) is 21.8 Å². The maximum atomic E-state index is 12.4. The highest BCUT2D eigenvalue weighted by molar-refractivity contribution is 7.91. The molecule has 4 N–H and O–H groups in total. The number of nitrogens with two attached hydrogens (primary N) is 1. The number of rotatable bonds is 4. The number of anilines is 2. The van der Waals surface area contributed by atoms with Gasteiger partial charge in [-0.25, -0.2) is 8.99 Å². The smallest absolute Gasteiger partial charge is 0.255 e. The Morgan fingerprint density at radius 1 is 1.16 bits per heavy atom. The maximum Gasteiger partial charge on any atom is 0.255 e. The lowest BCUT2D eigenvalue weighted by Gasteiger charge is -2.10. The Bertz CT molecular complexity index is 1010. The van der Waals surface area contributed by atoms with Crippen molar-refractivity contribution in [2.75, 3.05) is 17.3 Å². The van der Waals surface area contributed by atoms with E-state index in [4.69, 9.17) is 10.5 Å². The van der Waals surface area contributed by atoms with Crippen LogP contribution in [0.5, 0.6) is 0 Å². The second kappa shape index (κ2) is 6.70. The summed E-state index contributed by atoms with van der Waals surface area (Å²) in [6.45, 7) is 0. The third-order valence-corrected chi connectivity index (χ3v) is 5.76. The molecule has 7 heteroatoms. The average Bonchev–Trinajstić information content (AvgIpc) is 3.10. The van der Waals surface area contributed by atoms with Crippen LogP contribution in [0, 0.1) is 4.78 Å². The van der Waals surface area contributed by atoms with Crippen molar-refractivity contribution in [3.8, 4) is 10.4 Å². The predicted octanol–water partition coefficient (Wildman–Crippen LogP) is 4.29. The van der Waals surface area contributed by atoms with Gasteiger partial charge in [-0.1, -0.05) is 12.1 Å². The monoisotopic (exact) mass is 371 g/mol. The summed E-state index contributed by atoms with van der Waals surface area (Å²) in [4.78, 5) is 13.9. The molecule has 1 aromatic heterocycles. The lowest BCUT2D eigenvalue weighted by molar-refractivity contribution is 0.102. The first-order valence-electron chi connectivity index (χ1n) is 7.43. The van der Waals surface area contributed by atoms with Crippen LogP contribution in [-0.4, -0.2) is 16.4 Å². The second-order valence-electron chi connectivity index (χ2n) is 5.60. The minimum Gasteiger partial charge on any atom is -0.397 e. The molecule has 1 amide bonds. The molecule has 128 valence electrons. The molecule has 1 heterocycles. The van der Waals surface area contributed by atoms with Crippen LogP contribution < -0.4 is 11.1 Å². The van der Waals surface area contributed by atoms with Crippen LogP contribution in [-0.2, 0) is 9.73 Å². The van der Waals surface area contributed by atoms with Crippen molar-refractivity contribution in [1.82, 2.24) is 0 Å². The number of amides is 1. The number of thiophene rings is 1. The molecule has 3 aromatic rings. The summed E-state index contributed by atoms with van der Waals surface area (Å²) >= 11 is 1.61. The van der Waals surface area contributed by atoms with E-state index in [-0.39, 0.29) is 5.91 Å². The van der Waals surface area contributed by atoms with Gasteiger partial charge in [-0.3, -0.25) is 4.79 Å². The molecule has 0 saturated carbocycles. The molecule has 0 radical (unpaired) electrons. The molecule has 2 aromatic carbocycles. The van der Waals surface area contributed by atoms with Gasteiger partial charge in [0, 0.05) is 21.6 Å². The zero-order chi connectivity index (χ0) is 18.0. The van der Waals surface area contributed by atoms with Crippen LogP contribution in [0.4, 0.5) is 11.4 Å². The summed E-state index contributed by atoms with van der Waals surface area (Å²) in [6, 6.07) is 15.7. The fourth-order valence-corrected chi connectivity index (χ4v) is 3.70. The molecule has 0 fully saturated rings. The van der Waals surface area contributed by atoms with Gasteiger partial charge in [0.2, 0.25) is 0 Å². The second-order valence-corrected chi connectivity index (χ2v) is 8.71. The summed E-state index contributed by atoms with van der Waals surface area (Å²) in [6.07, 6.45) is 1.35. The number of nitrogens with one attached hydrogen (secondary N) is 2. The van der Waals surface area contributed by atoms with Crippen LogP contribution in [0.3, 0.4) is 0 Å². The molecule has 0 aliphatic carbocycles. The number of benzene rings is 2. The summed E-state index contributed by atoms with van der Waals surface area (Å²) in [5.74, 6) is -0.311. The van der Waals surface area contributed by atoms with Crippen LogP contribution in [0.25, 0.3) is 10.4 Å². The third kappa shape index (κ3) is 3.89. The van der Waals surface area contributed by atoms with Gasteiger partial charge in [0.05, 0.1) is 21.1 Å². The molecule has 5 nitrogen and oxygen atoms in total. The van der Waals surface area contributed by atoms with Crippen molar-refractivity contribution in [2.45, 2.75) is 4.90 Å². The van der Waals surface area contributed by atoms with Crippen molar-refractivity contribution in [1.29, 1.82) is 4.78 Å². The first-order valence-corrected chi connectivity index (χ1v) is 10.3. The van der Waals surface area contributed by atoms with E-state index in [0.717, 1.165) is 10.4 Å². The number of hydrogen-bond donors (Lipinski definition) is 3. The van der Waals surface area contributed by atoms with E-state index >= 15 is 0 Å². The summed E-state index contributed by atoms with van der Waals surface area (Å²) in [5.41, 5.74) is 8.39. The van der Waals surface area contributed by atoms with E-state index in [9.17, 15) is 9.00 Å². The van der Waals surface area contributed by atoms with Crippen molar-refractivity contribution in [3.05, 3.63) is 65.5 Å². The lowest BCUT2D eigenvalue weighted by Crippen LogP contribution is -2.13. The van der Waals surface area contributed by atoms with Crippen molar-refractivity contribution < 1.29 is 9.00 Å². The van der Waals surface area contributed by atoms with Gasteiger partial charge in [0.25, 0.3) is 5.91 Å². The Kier molecular flexibility index (Phi) is 4.61. The standard InChI is InChI=1S/C18H17N3O2S2/c1-25(20,23)14-7-4-12(5-8-14)18(22)21-16-11-13(6-9-15(16)19)17-3-2-10-24-17/h2-11,20H,19H2,1H3,(H,21,22)/t25-/m1/s1. The molecular weight excluding hydrogens is 354 g/mol. The van der Waals surface area contributed by atoms with Crippen molar-refractivity contribution in [3.63, 3.8) is 0 Å². The highest BCUT2D eigenvalue weighted by Gasteiger charge is 2.11. The Balaban J connectivity index is 1.84. The van der Waals surface area contributed by atoms with Gasteiger partial charge in [-0.2, -0.15) is 0 Å². The van der Waals surface area contributed by atoms with Crippen LogP contribution in [0.15, 0.2) is 64.9 Å². The zero-order valence-electron chi connectivity index (χ0n) is 13.5. The number of hydrogen-bond acceptors (Lipinski definition) is 5. The van der Waals surface area contributed by atoms with E-state index in [1.54, 1.807) is 29.5 Å². The largest absolute Gasteiger partial charge is 0.397 e. The molecule has 0 aliphatic rings. The fourth-order valence-electron chi connectivity index (χ4n) is 2.32. The van der Waals surface area contributed by atoms with Gasteiger partial charge in [-0.05, 0) is 53.4 Å². The van der Waals surface area contributed by atoms with Gasteiger partial charge in [-0.15, -0.1) is 11.3 Å². The van der Waals surface area contributed by atoms with E-state index in [2.05, 4.69) is 5.32 Å². The molecule has 25 heavy (non-hydrogen) atoms. The minimum absolute atomic E-state index is 0.311. The molecule has 1 atom stereocenters. The fraction of sp³-hybridized carbons (Fsp3) is 0.0556. The normalized spacial score (nSPS) is 13.2. The average molecular weight is 371 g/mol. The predicted molar refractivity (Wildman–Crippen MR) is 104 cm³/mol. The minimum atomic E-state index is -2.79. The van der Waals surface area contributed by atoms with Gasteiger partial charge in [0.15, 0.2) is 0 Å². The zero-order valence-corrected chi connectivity index (χ0v) is 15.1. The van der Waals surface area contributed by atoms with Gasteiger partial charge < -0.3 is 11.1 Å². The Labute approximate surface area is 150 Å².